The van der Waals surface area contributed by atoms with Crippen molar-refractivity contribution in [1.29, 1.82) is 0 Å². The van der Waals surface area contributed by atoms with Crippen molar-refractivity contribution in [2.24, 2.45) is 0 Å². The second-order valence-corrected chi connectivity index (χ2v) is 9.14. The highest BCUT2D eigenvalue weighted by atomic mass is 127. The standard InChI is InChI=1S/C17H18INO4S2/c1-23-17(20)16(12-24-11-13-5-3-2-4-6-13)19-25(21,22)15-9-7-14(18)8-10-15/h2-10,16,19H,11-12H2,1H3. The number of ether oxygens (including phenoxy) is 1. The van der Waals surface area contributed by atoms with Gasteiger partial charge in [0.05, 0.1) is 12.0 Å². The summed E-state index contributed by atoms with van der Waals surface area (Å²) in [5, 5.41) is 0. The molecule has 1 unspecified atom stereocenters. The van der Waals surface area contributed by atoms with Gasteiger partial charge in [0, 0.05) is 15.1 Å². The molecule has 0 saturated carbocycles. The molecule has 0 fully saturated rings. The van der Waals surface area contributed by atoms with Gasteiger partial charge >= 0.3 is 5.97 Å². The number of thioether (sulfide) groups is 1. The molecule has 2 aromatic rings. The summed E-state index contributed by atoms with van der Waals surface area (Å²) in [4.78, 5) is 12.1. The van der Waals surface area contributed by atoms with Gasteiger partial charge in [-0.1, -0.05) is 30.3 Å². The molecule has 25 heavy (non-hydrogen) atoms. The number of nitrogens with one attached hydrogen (secondary N) is 1. The maximum absolute atomic E-state index is 12.5. The number of methoxy groups -OCH3 is 1. The molecule has 0 spiro atoms. The Balaban J connectivity index is 2.04. The number of benzene rings is 2. The highest BCUT2D eigenvalue weighted by Crippen LogP contribution is 2.16. The number of carbonyl (C=O) groups excluding carboxylic acids is 1. The molecule has 2 rings (SSSR count). The Bertz CT molecular complexity index is 795. The molecule has 1 N–H and O–H groups in total. The molecule has 0 bridgehead atoms. The van der Waals surface area contributed by atoms with E-state index in [4.69, 9.17) is 4.74 Å². The van der Waals surface area contributed by atoms with Crippen molar-refractivity contribution in [2.45, 2.75) is 16.7 Å². The summed E-state index contributed by atoms with van der Waals surface area (Å²) in [6.45, 7) is 0. The second kappa shape index (κ2) is 9.56. The lowest BCUT2D eigenvalue weighted by Crippen LogP contribution is -2.43. The highest BCUT2D eigenvalue weighted by Gasteiger charge is 2.26. The summed E-state index contributed by atoms with van der Waals surface area (Å²) in [6.07, 6.45) is 0. The number of rotatable bonds is 8. The van der Waals surface area contributed by atoms with Gasteiger partial charge in [-0.15, -0.1) is 0 Å². The van der Waals surface area contributed by atoms with Gasteiger partial charge in [0.25, 0.3) is 0 Å². The molecule has 0 aliphatic carbocycles. The van der Waals surface area contributed by atoms with E-state index in [9.17, 15) is 13.2 Å². The molecule has 1 atom stereocenters. The third-order valence-electron chi connectivity index (χ3n) is 3.30. The third-order valence-corrected chi connectivity index (χ3v) is 6.62. The van der Waals surface area contributed by atoms with E-state index in [0.717, 1.165) is 9.13 Å². The summed E-state index contributed by atoms with van der Waals surface area (Å²) in [6, 6.07) is 15.2. The van der Waals surface area contributed by atoms with Crippen molar-refractivity contribution >= 4 is 50.3 Å². The topological polar surface area (TPSA) is 72.5 Å². The Morgan fingerprint density at radius 2 is 1.80 bits per heavy atom. The summed E-state index contributed by atoms with van der Waals surface area (Å²) in [5.74, 6) is 0.361. The first kappa shape index (κ1) is 20.2. The Kier molecular flexibility index (Phi) is 7.73. The van der Waals surface area contributed by atoms with Crippen LogP contribution in [0.25, 0.3) is 0 Å². The zero-order chi connectivity index (χ0) is 18.3. The molecule has 0 saturated heterocycles. The largest absolute Gasteiger partial charge is 0.468 e. The lowest BCUT2D eigenvalue weighted by Gasteiger charge is -2.16. The summed E-state index contributed by atoms with van der Waals surface area (Å²) >= 11 is 3.57. The average molecular weight is 491 g/mol. The van der Waals surface area contributed by atoms with Crippen LogP contribution in [-0.4, -0.2) is 33.3 Å². The van der Waals surface area contributed by atoms with E-state index >= 15 is 0 Å². The van der Waals surface area contributed by atoms with E-state index in [-0.39, 0.29) is 10.6 Å². The van der Waals surface area contributed by atoms with Gasteiger partial charge in [-0.25, -0.2) is 8.42 Å². The quantitative estimate of drug-likeness (QED) is 0.454. The third kappa shape index (κ3) is 6.28. The van der Waals surface area contributed by atoms with Crippen LogP contribution in [0.15, 0.2) is 59.5 Å². The first-order chi connectivity index (χ1) is 11.9. The molecule has 5 nitrogen and oxygen atoms in total. The van der Waals surface area contributed by atoms with Crippen LogP contribution in [0.4, 0.5) is 0 Å². The molecular weight excluding hydrogens is 473 g/mol. The normalized spacial score (nSPS) is 12.6. The Hall–Kier alpha value is -1.10. The van der Waals surface area contributed by atoms with Gasteiger partial charge in [0.1, 0.15) is 6.04 Å². The molecule has 2 aromatic carbocycles. The number of hydrogen-bond acceptors (Lipinski definition) is 5. The van der Waals surface area contributed by atoms with E-state index in [1.54, 1.807) is 12.1 Å². The van der Waals surface area contributed by atoms with Crippen LogP contribution in [0, 0.1) is 3.57 Å². The number of carbonyl (C=O) groups is 1. The number of hydrogen-bond donors (Lipinski definition) is 1. The van der Waals surface area contributed by atoms with E-state index < -0.39 is 22.0 Å². The number of esters is 1. The van der Waals surface area contributed by atoms with Crippen LogP contribution in [-0.2, 0) is 25.3 Å². The fourth-order valence-corrected chi connectivity index (χ4v) is 4.68. The molecular formula is C17H18INO4S2. The predicted octanol–water partition coefficient (Wildman–Crippen LogP) is 3.04. The lowest BCUT2D eigenvalue weighted by molar-refractivity contribution is -0.141. The summed E-state index contributed by atoms with van der Waals surface area (Å²) in [5.41, 5.74) is 1.11. The first-order valence-electron chi connectivity index (χ1n) is 7.40. The van der Waals surface area contributed by atoms with Gasteiger partial charge in [-0.2, -0.15) is 16.5 Å². The van der Waals surface area contributed by atoms with Crippen LogP contribution < -0.4 is 4.72 Å². The minimum absolute atomic E-state index is 0.120. The van der Waals surface area contributed by atoms with E-state index in [1.807, 2.05) is 30.3 Å². The number of halogens is 1. The van der Waals surface area contributed by atoms with E-state index in [1.165, 1.54) is 31.0 Å². The number of sulfonamides is 1. The fraction of sp³-hybridized carbons (Fsp3) is 0.235. The Morgan fingerprint density at radius 1 is 1.16 bits per heavy atom. The fourth-order valence-electron chi connectivity index (χ4n) is 2.03. The zero-order valence-electron chi connectivity index (χ0n) is 13.5. The first-order valence-corrected chi connectivity index (χ1v) is 11.1. The van der Waals surface area contributed by atoms with Crippen LogP contribution in [0.5, 0.6) is 0 Å². The van der Waals surface area contributed by atoms with Gasteiger partial charge in [0.2, 0.25) is 10.0 Å². The van der Waals surface area contributed by atoms with E-state index in [0.29, 0.717) is 5.75 Å². The molecule has 8 heteroatoms. The minimum Gasteiger partial charge on any atom is -0.468 e. The predicted molar refractivity (Wildman–Crippen MR) is 108 cm³/mol. The van der Waals surface area contributed by atoms with Gasteiger partial charge in [-0.3, -0.25) is 4.79 Å². The van der Waals surface area contributed by atoms with Crippen LogP contribution in [0.3, 0.4) is 0 Å². The van der Waals surface area contributed by atoms with Crippen LogP contribution >= 0.6 is 34.4 Å². The maximum atomic E-state index is 12.5. The van der Waals surface area contributed by atoms with Crippen molar-refractivity contribution in [1.82, 2.24) is 4.72 Å². The summed E-state index contributed by atoms with van der Waals surface area (Å²) in [7, 11) is -2.55. The molecule has 0 aromatic heterocycles. The van der Waals surface area contributed by atoms with Gasteiger partial charge in [0.15, 0.2) is 0 Å². The Morgan fingerprint density at radius 3 is 2.40 bits per heavy atom. The molecule has 134 valence electrons. The zero-order valence-corrected chi connectivity index (χ0v) is 17.3. The highest BCUT2D eigenvalue weighted by molar-refractivity contribution is 14.1. The van der Waals surface area contributed by atoms with Gasteiger partial charge in [-0.05, 0) is 52.4 Å². The maximum Gasteiger partial charge on any atom is 0.324 e. The SMILES string of the molecule is COC(=O)C(CSCc1ccccc1)NS(=O)(=O)c1ccc(I)cc1. The van der Waals surface area contributed by atoms with Crippen molar-refractivity contribution in [3.8, 4) is 0 Å². The minimum atomic E-state index is -3.79. The molecule has 0 amide bonds. The molecule has 0 aliphatic rings. The average Bonchev–Trinajstić information content (AvgIpc) is 2.61. The smallest absolute Gasteiger partial charge is 0.324 e. The summed E-state index contributed by atoms with van der Waals surface area (Å²) < 4.78 is 33.1. The van der Waals surface area contributed by atoms with Crippen molar-refractivity contribution < 1.29 is 17.9 Å². The molecule has 0 radical (unpaired) electrons. The van der Waals surface area contributed by atoms with Gasteiger partial charge < -0.3 is 4.74 Å². The van der Waals surface area contributed by atoms with Crippen molar-refractivity contribution in [3.63, 3.8) is 0 Å². The second-order valence-electron chi connectivity index (χ2n) is 5.15. The van der Waals surface area contributed by atoms with E-state index in [2.05, 4.69) is 27.3 Å². The van der Waals surface area contributed by atoms with Crippen LogP contribution in [0.2, 0.25) is 0 Å². The Labute approximate surface area is 165 Å². The van der Waals surface area contributed by atoms with Crippen LogP contribution in [0.1, 0.15) is 5.56 Å². The molecule has 0 heterocycles. The lowest BCUT2D eigenvalue weighted by atomic mass is 10.2. The monoisotopic (exact) mass is 491 g/mol. The molecule has 0 aliphatic heterocycles. The van der Waals surface area contributed by atoms with Crippen molar-refractivity contribution in [2.75, 3.05) is 12.9 Å². The van der Waals surface area contributed by atoms with Crippen molar-refractivity contribution in [3.05, 3.63) is 63.7 Å².